The number of carbonyl (C=O) groups is 1. The maximum absolute atomic E-state index is 11.3. The molecule has 0 aliphatic carbocycles. The van der Waals surface area contributed by atoms with Crippen LogP contribution in [-0.2, 0) is 0 Å². The van der Waals surface area contributed by atoms with Gasteiger partial charge in [-0.25, -0.2) is 4.98 Å². The molecule has 0 radical (unpaired) electrons. The van der Waals surface area contributed by atoms with Gasteiger partial charge >= 0.3 is 0 Å². The number of rotatable bonds is 3. The third-order valence-corrected chi connectivity index (χ3v) is 3.56. The number of nitrogens with zero attached hydrogens (tertiary/aromatic N) is 1. The first-order valence-electron chi connectivity index (χ1n) is 5.37. The number of carbonyl (C=O) groups excluding carboxylic acids is 1. The Labute approximate surface area is 105 Å². The molecule has 0 bridgehead atoms. The molecule has 0 saturated heterocycles. The molecule has 0 atom stereocenters. The minimum absolute atomic E-state index is 0.0685. The Morgan fingerprint density at radius 3 is 2.71 bits per heavy atom. The van der Waals surface area contributed by atoms with E-state index in [2.05, 4.69) is 24.0 Å². The van der Waals surface area contributed by atoms with Gasteiger partial charge in [-0.15, -0.1) is 0 Å². The Balaban J connectivity index is 2.28. The van der Waals surface area contributed by atoms with E-state index in [0.717, 1.165) is 5.03 Å². The first kappa shape index (κ1) is 11.9. The minimum atomic E-state index is 0.0685. The summed E-state index contributed by atoms with van der Waals surface area (Å²) in [5.74, 6) is 0.0685. The lowest BCUT2D eigenvalue weighted by atomic mass is 10.2. The number of Topliss-reactive ketones (excluding diaryl/α,β-unsaturated/α-hetero) is 1. The Bertz CT molecular complexity index is 551. The molecule has 0 amide bonds. The van der Waals surface area contributed by atoms with Crippen LogP contribution < -0.4 is 0 Å². The van der Waals surface area contributed by atoms with Crippen LogP contribution in [0.25, 0.3) is 0 Å². The highest BCUT2D eigenvalue weighted by Crippen LogP contribution is 2.28. The summed E-state index contributed by atoms with van der Waals surface area (Å²) in [6.45, 7) is 3.63. The summed E-state index contributed by atoms with van der Waals surface area (Å²) in [6.07, 6.45) is 1.68. The Morgan fingerprint density at radius 1 is 1.24 bits per heavy atom. The first-order chi connectivity index (χ1) is 8.16. The van der Waals surface area contributed by atoms with Gasteiger partial charge in [0.15, 0.2) is 5.78 Å². The van der Waals surface area contributed by atoms with Gasteiger partial charge in [0.05, 0.1) is 0 Å². The van der Waals surface area contributed by atoms with Crippen LogP contribution in [-0.4, -0.2) is 10.8 Å². The summed E-state index contributed by atoms with van der Waals surface area (Å²) in [5.41, 5.74) is 1.92. The number of aromatic nitrogens is 1. The van der Waals surface area contributed by atoms with Gasteiger partial charge in [0, 0.05) is 16.7 Å². The summed E-state index contributed by atoms with van der Waals surface area (Å²) in [4.78, 5) is 16.7. The molecule has 86 valence electrons. The summed E-state index contributed by atoms with van der Waals surface area (Å²) >= 11 is 1.58. The van der Waals surface area contributed by atoms with Crippen LogP contribution in [0.4, 0.5) is 0 Å². The molecule has 2 nitrogen and oxygen atoms in total. The molecule has 0 fully saturated rings. The molecule has 0 spiro atoms. The monoisotopic (exact) mass is 243 g/mol. The van der Waals surface area contributed by atoms with Crippen LogP contribution in [0.3, 0.4) is 0 Å². The van der Waals surface area contributed by atoms with Crippen LogP contribution in [0.5, 0.6) is 0 Å². The van der Waals surface area contributed by atoms with Gasteiger partial charge in [-0.1, -0.05) is 30.0 Å². The lowest BCUT2D eigenvalue weighted by molar-refractivity contribution is 0.101. The van der Waals surface area contributed by atoms with Crippen molar-refractivity contribution in [1.82, 2.24) is 4.98 Å². The predicted octanol–water partition coefficient (Wildman–Crippen LogP) is 3.74. The molecule has 1 heterocycles. The van der Waals surface area contributed by atoms with E-state index in [4.69, 9.17) is 0 Å². The van der Waals surface area contributed by atoms with E-state index in [1.54, 1.807) is 30.9 Å². The summed E-state index contributed by atoms with van der Waals surface area (Å²) in [5, 5.41) is 0.854. The molecule has 3 heteroatoms. The smallest absolute Gasteiger partial charge is 0.159 e. The normalized spacial score (nSPS) is 10.2. The Kier molecular flexibility index (Phi) is 3.59. The molecule has 0 N–H and O–H groups in total. The topological polar surface area (TPSA) is 30.0 Å². The van der Waals surface area contributed by atoms with Gasteiger partial charge < -0.3 is 0 Å². The van der Waals surface area contributed by atoms with E-state index in [1.807, 2.05) is 18.2 Å². The fourth-order valence-electron chi connectivity index (χ4n) is 1.47. The number of aryl methyl sites for hydroxylation is 1. The second-order valence-corrected chi connectivity index (χ2v) is 4.87. The standard InChI is InChI=1S/C14H13NOS/c1-10-5-3-4-6-13(10)17-14-9-12(11(2)16)7-8-15-14/h3-9H,1-2H3. The summed E-state index contributed by atoms with van der Waals surface area (Å²) in [6, 6.07) is 11.7. The average Bonchev–Trinajstić information content (AvgIpc) is 2.32. The second kappa shape index (κ2) is 5.15. The lowest BCUT2D eigenvalue weighted by Gasteiger charge is -2.05. The third-order valence-electron chi connectivity index (χ3n) is 2.45. The highest BCUT2D eigenvalue weighted by Gasteiger charge is 2.04. The molecule has 0 saturated carbocycles. The highest BCUT2D eigenvalue weighted by atomic mass is 32.2. The van der Waals surface area contributed by atoms with E-state index in [0.29, 0.717) is 5.56 Å². The fraction of sp³-hybridized carbons (Fsp3) is 0.143. The quantitative estimate of drug-likeness (QED) is 0.769. The van der Waals surface area contributed by atoms with Crippen molar-refractivity contribution in [3.63, 3.8) is 0 Å². The summed E-state index contributed by atoms with van der Waals surface area (Å²) in [7, 11) is 0. The number of pyridine rings is 1. The van der Waals surface area contributed by atoms with Crippen molar-refractivity contribution < 1.29 is 4.79 Å². The van der Waals surface area contributed by atoms with Gasteiger partial charge in [0.2, 0.25) is 0 Å². The highest BCUT2D eigenvalue weighted by molar-refractivity contribution is 7.99. The molecular weight excluding hydrogens is 230 g/mol. The van der Waals surface area contributed by atoms with Gasteiger partial charge in [-0.2, -0.15) is 0 Å². The first-order valence-corrected chi connectivity index (χ1v) is 6.19. The third kappa shape index (κ3) is 2.94. The molecule has 0 aliphatic heterocycles. The van der Waals surface area contributed by atoms with Gasteiger partial charge in [0.25, 0.3) is 0 Å². The summed E-state index contributed by atoms with van der Waals surface area (Å²) < 4.78 is 0. The van der Waals surface area contributed by atoms with Crippen molar-refractivity contribution in [2.75, 3.05) is 0 Å². The average molecular weight is 243 g/mol. The van der Waals surface area contributed by atoms with Crippen LogP contribution in [0, 0.1) is 6.92 Å². The van der Waals surface area contributed by atoms with Crippen molar-refractivity contribution in [3.8, 4) is 0 Å². The van der Waals surface area contributed by atoms with Crippen molar-refractivity contribution in [3.05, 3.63) is 53.7 Å². The largest absolute Gasteiger partial charge is 0.295 e. The zero-order chi connectivity index (χ0) is 12.3. The van der Waals surface area contributed by atoms with Crippen molar-refractivity contribution >= 4 is 17.5 Å². The van der Waals surface area contributed by atoms with Crippen LogP contribution >= 0.6 is 11.8 Å². The maximum atomic E-state index is 11.3. The number of benzene rings is 1. The van der Waals surface area contributed by atoms with E-state index in [1.165, 1.54) is 10.5 Å². The minimum Gasteiger partial charge on any atom is -0.295 e. The molecule has 2 rings (SSSR count). The Morgan fingerprint density at radius 2 is 2.00 bits per heavy atom. The molecule has 0 unspecified atom stereocenters. The van der Waals surface area contributed by atoms with E-state index in [-0.39, 0.29) is 5.78 Å². The van der Waals surface area contributed by atoms with Gasteiger partial charge in [-0.05, 0) is 37.6 Å². The molecule has 1 aromatic heterocycles. The van der Waals surface area contributed by atoms with Crippen LogP contribution in [0.2, 0.25) is 0 Å². The predicted molar refractivity (Wildman–Crippen MR) is 69.5 cm³/mol. The number of ketones is 1. The molecule has 2 aromatic rings. The Hall–Kier alpha value is -1.61. The van der Waals surface area contributed by atoms with Gasteiger partial charge in [0.1, 0.15) is 5.03 Å². The van der Waals surface area contributed by atoms with Crippen LogP contribution in [0.15, 0.2) is 52.5 Å². The van der Waals surface area contributed by atoms with E-state index in [9.17, 15) is 4.79 Å². The molecule has 0 aliphatic rings. The number of hydrogen-bond acceptors (Lipinski definition) is 3. The molecule has 1 aromatic carbocycles. The maximum Gasteiger partial charge on any atom is 0.159 e. The fourth-order valence-corrected chi connectivity index (χ4v) is 2.37. The van der Waals surface area contributed by atoms with Gasteiger partial charge in [-0.3, -0.25) is 4.79 Å². The van der Waals surface area contributed by atoms with Crippen molar-refractivity contribution in [2.24, 2.45) is 0 Å². The van der Waals surface area contributed by atoms with Crippen LogP contribution in [0.1, 0.15) is 22.8 Å². The lowest BCUT2D eigenvalue weighted by Crippen LogP contribution is -1.93. The van der Waals surface area contributed by atoms with E-state index < -0.39 is 0 Å². The van der Waals surface area contributed by atoms with Crippen molar-refractivity contribution in [2.45, 2.75) is 23.8 Å². The SMILES string of the molecule is CC(=O)c1ccnc(Sc2ccccc2C)c1. The second-order valence-electron chi connectivity index (χ2n) is 3.81. The molecule has 17 heavy (non-hydrogen) atoms. The molecular formula is C14H13NOS. The zero-order valence-corrected chi connectivity index (χ0v) is 10.6. The zero-order valence-electron chi connectivity index (χ0n) is 9.81. The van der Waals surface area contributed by atoms with Crippen molar-refractivity contribution in [1.29, 1.82) is 0 Å². The van der Waals surface area contributed by atoms with E-state index >= 15 is 0 Å². The number of hydrogen-bond donors (Lipinski definition) is 0.